The summed E-state index contributed by atoms with van der Waals surface area (Å²) < 4.78 is 30.9. The first-order chi connectivity index (χ1) is 15.9. The fourth-order valence-corrected chi connectivity index (χ4v) is 4.27. The molecular formula is C25H29N3O4S. The van der Waals surface area contributed by atoms with Crippen molar-refractivity contribution < 1.29 is 17.4 Å². The van der Waals surface area contributed by atoms with Crippen LogP contribution in [0.3, 0.4) is 0 Å². The van der Waals surface area contributed by atoms with E-state index >= 15 is 0 Å². The van der Waals surface area contributed by atoms with E-state index in [9.17, 15) is 13.2 Å². The average Bonchev–Trinajstić information content (AvgIpc) is 2.79. The highest BCUT2D eigenvalue weighted by Crippen LogP contribution is 2.24. The van der Waals surface area contributed by atoms with Gasteiger partial charge in [0.05, 0.1) is 0 Å². The maximum atomic E-state index is 12.8. The lowest BCUT2D eigenvalue weighted by atomic mass is 10.2. The van der Waals surface area contributed by atoms with Gasteiger partial charge < -0.3 is 19.7 Å². The zero-order chi connectivity index (χ0) is 23.7. The molecule has 0 radical (unpaired) electrons. The lowest BCUT2D eigenvalue weighted by Gasteiger charge is -2.23. The number of para-hydroxylation sites is 1. The first kappa shape index (κ1) is 24.1. The van der Waals surface area contributed by atoms with E-state index in [1.54, 1.807) is 48.5 Å². The van der Waals surface area contributed by atoms with Crippen LogP contribution in [0.4, 0.5) is 21.9 Å². The first-order valence-electron chi connectivity index (χ1n) is 10.9. The summed E-state index contributed by atoms with van der Waals surface area (Å²) in [6.45, 7) is 6.05. The number of hydrogen-bond donors (Lipinski definition) is 2. The maximum absolute atomic E-state index is 12.8. The van der Waals surface area contributed by atoms with Crippen LogP contribution in [-0.2, 0) is 10.1 Å². The van der Waals surface area contributed by atoms with Crippen molar-refractivity contribution >= 4 is 33.2 Å². The van der Waals surface area contributed by atoms with Crippen molar-refractivity contribution in [1.82, 2.24) is 0 Å². The van der Waals surface area contributed by atoms with Gasteiger partial charge in [0.1, 0.15) is 10.6 Å². The van der Waals surface area contributed by atoms with Crippen molar-refractivity contribution in [3.63, 3.8) is 0 Å². The van der Waals surface area contributed by atoms with Crippen LogP contribution in [0.5, 0.6) is 5.75 Å². The third-order valence-electron chi connectivity index (χ3n) is 4.81. The zero-order valence-corrected chi connectivity index (χ0v) is 19.6. The number of carbonyl (C=O) groups is 1. The molecule has 0 aliphatic heterocycles. The summed E-state index contributed by atoms with van der Waals surface area (Å²) in [5.74, 6) is 0.107. The number of hydrogen-bond acceptors (Lipinski definition) is 5. The van der Waals surface area contributed by atoms with Gasteiger partial charge in [-0.15, -0.1) is 0 Å². The second-order valence-corrected chi connectivity index (χ2v) is 9.04. The van der Waals surface area contributed by atoms with E-state index < -0.39 is 16.1 Å². The van der Waals surface area contributed by atoms with Crippen molar-refractivity contribution in [2.75, 3.05) is 28.6 Å². The Kier molecular flexibility index (Phi) is 8.32. The standard InChI is InChI=1S/C25H29N3O4S/c1-3-17-28(18-4-2)22-13-15-24(16-14-22)33(30,31)32-23-12-8-11-21(19-23)27-25(29)26-20-9-6-5-7-10-20/h5-16,19H,3-4,17-18H2,1-2H3,(H2,26,27,29). The molecule has 0 fully saturated rings. The van der Waals surface area contributed by atoms with Crippen LogP contribution in [0.25, 0.3) is 0 Å². The third-order valence-corrected chi connectivity index (χ3v) is 6.07. The molecule has 33 heavy (non-hydrogen) atoms. The zero-order valence-electron chi connectivity index (χ0n) is 18.8. The molecule has 0 saturated carbocycles. The molecule has 2 N–H and O–H groups in total. The molecule has 0 spiro atoms. The second-order valence-electron chi connectivity index (χ2n) is 7.49. The molecule has 0 bridgehead atoms. The molecule has 0 aliphatic rings. The molecule has 0 atom stereocenters. The SMILES string of the molecule is CCCN(CCC)c1ccc(S(=O)(=O)Oc2cccc(NC(=O)Nc3ccccc3)c2)cc1. The Bertz CT molecular complexity index is 1140. The number of benzene rings is 3. The number of rotatable bonds is 10. The molecule has 8 heteroatoms. The number of nitrogens with zero attached hydrogens (tertiary/aromatic N) is 1. The minimum Gasteiger partial charge on any atom is -0.379 e. The van der Waals surface area contributed by atoms with E-state index in [-0.39, 0.29) is 10.6 Å². The predicted molar refractivity (Wildman–Crippen MR) is 133 cm³/mol. The normalized spacial score (nSPS) is 11.0. The summed E-state index contributed by atoms with van der Waals surface area (Å²) in [5.41, 5.74) is 2.03. The Balaban J connectivity index is 1.67. The van der Waals surface area contributed by atoms with E-state index in [1.807, 2.05) is 18.2 Å². The summed E-state index contributed by atoms with van der Waals surface area (Å²) in [4.78, 5) is 14.5. The molecule has 3 rings (SSSR count). The molecule has 174 valence electrons. The molecule has 2 amide bonds. The van der Waals surface area contributed by atoms with Crippen LogP contribution in [0.15, 0.2) is 83.8 Å². The van der Waals surface area contributed by atoms with Gasteiger partial charge in [-0.2, -0.15) is 8.42 Å². The highest BCUT2D eigenvalue weighted by atomic mass is 32.2. The van der Waals surface area contributed by atoms with Crippen LogP contribution < -0.4 is 19.7 Å². The van der Waals surface area contributed by atoms with Gasteiger partial charge in [0.25, 0.3) is 0 Å². The third kappa shape index (κ3) is 6.98. The molecule has 7 nitrogen and oxygen atoms in total. The minimum atomic E-state index is -4.02. The van der Waals surface area contributed by atoms with Gasteiger partial charge in [-0.3, -0.25) is 0 Å². The van der Waals surface area contributed by atoms with Crippen LogP contribution in [0, 0.1) is 0 Å². The Labute approximate surface area is 195 Å². The minimum absolute atomic E-state index is 0.0689. The molecule has 0 heterocycles. The maximum Gasteiger partial charge on any atom is 0.339 e. The number of amides is 2. The van der Waals surface area contributed by atoms with Gasteiger partial charge in [-0.25, -0.2) is 4.79 Å². The monoisotopic (exact) mass is 467 g/mol. The summed E-state index contributed by atoms with van der Waals surface area (Å²) in [6, 6.07) is 21.5. The van der Waals surface area contributed by atoms with E-state index in [2.05, 4.69) is 29.4 Å². The van der Waals surface area contributed by atoms with Crippen molar-refractivity contribution in [2.45, 2.75) is 31.6 Å². The molecule has 0 aliphatic carbocycles. The van der Waals surface area contributed by atoms with Crippen LogP contribution in [0.1, 0.15) is 26.7 Å². The molecule has 0 saturated heterocycles. The summed E-state index contributed by atoms with van der Waals surface area (Å²) in [5, 5.41) is 5.37. The molecule has 3 aromatic carbocycles. The van der Waals surface area contributed by atoms with Crippen LogP contribution in [0.2, 0.25) is 0 Å². The molecular weight excluding hydrogens is 438 g/mol. The van der Waals surface area contributed by atoms with Gasteiger partial charge in [-0.05, 0) is 61.4 Å². The second kappa shape index (κ2) is 11.4. The lowest BCUT2D eigenvalue weighted by Crippen LogP contribution is -2.24. The fourth-order valence-electron chi connectivity index (χ4n) is 3.35. The molecule has 0 unspecified atom stereocenters. The number of urea groups is 1. The Morgan fingerprint density at radius 1 is 0.818 bits per heavy atom. The van der Waals surface area contributed by atoms with E-state index in [0.717, 1.165) is 31.6 Å². The average molecular weight is 468 g/mol. The smallest absolute Gasteiger partial charge is 0.339 e. The summed E-state index contributed by atoms with van der Waals surface area (Å²) in [6.07, 6.45) is 2.02. The molecule has 3 aromatic rings. The van der Waals surface area contributed by atoms with Crippen molar-refractivity contribution in [3.05, 3.63) is 78.9 Å². The van der Waals surface area contributed by atoms with Crippen molar-refractivity contribution in [3.8, 4) is 5.75 Å². The van der Waals surface area contributed by atoms with Crippen molar-refractivity contribution in [1.29, 1.82) is 0 Å². The van der Waals surface area contributed by atoms with Gasteiger partial charge in [0.2, 0.25) is 0 Å². The Morgan fingerprint density at radius 2 is 1.42 bits per heavy atom. The molecule has 0 aromatic heterocycles. The Morgan fingerprint density at radius 3 is 2.06 bits per heavy atom. The lowest BCUT2D eigenvalue weighted by molar-refractivity contribution is 0.262. The number of nitrogens with one attached hydrogen (secondary N) is 2. The van der Waals surface area contributed by atoms with Crippen molar-refractivity contribution in [2.24, 2.45) is 0 Å². The fraction of sp³-hybridized carbons (Fsp3) is 0.240. The highest BCUT2D eigenvalue weighted by molar-refractivity contribution is 7.87. The first-order valence-corrected chi connectivity index (χ1v) is 12.3. The largest absolute Gasteiger partial charge is 0.379 e. The van der Waals surface area contributed by atoms with Crippen LogP contribution in [-0.4, -0.2) is 27.5 Å². The predicted octanol–water partition coefficient (Wildman–Crippen LogP) is 5.72. The highest BCUT2D eigenvalue weighted by Gasteiger charge is 2.18. The summed E-state index contributed by atoms with van der Waals surface area (Å²) in [7, 11) is -4.02. The van der Waals surface area contributed by atoms with Gasteiger partial charge in [0, 0.05) is 36.2 Å². The summed E-state index contributed by atoms with van der Waals surface area (Å²) >= 11 is 0. The van der Waals surface area contributed by atoms with E-state index in [4.69, 9.17) is 4.18 Å². The Hall–Kier alpha value is -3.52. The quantitative estimate of drug-likeness (QED) is 0.372. The van der Waals surface area contributed by atoms with E-state index in [0.29, 0.717) is 11.4 Å². The van der Waals surface area contributed by atoms with Gasteiger partial charge >= 0.3 is 16.1 Å². The van der Waals surface area contributed by atoms with Crippen LogP contribution >= 0.6 is 0 Å². The number of carbonyl (C=O) groups excluding carboxylic acids is 1. The van der Waals surface area contributed by atoms with Gasteiger partial charge in [0.15, 0.2) is 0 Å². The number of anilines is 3. The van der Waals surface area contributed by atoms with Gasteiger partial charge in [-0.1, -0.05) is 38.1 Å². The topological polar surface area (TPSA) is 87.7 Å². The van der Waals surface area contributed by atoms with E-state index in [1.165, 1.54) is 12.1 Å².